The first-order valence-corrected chi connectivity index (χ1v) is 7.20. The van der Waals surface area contributed by atoms with Crippen molar-refractivity contribution in [1.82, 2.24) is 10.6 Å². The first-order chi connectivity index (χ1) is 9.88. The normalized spacial score (nSPS) is 13.7. The first kappa shape index (κ1) is 17.1. The smallest absolute Gasteiger partial charge is 0.326 e. The summed E-state index contributed by atoms with van der Waals surface area (Å²) in [6, 6.07) is 2.33. The molecule has 0 saturated carbocycles. The number of nitrogens with one attached hydrogen (secondary N) is 2. The van der Waals surface area contributed by atoms with Gasteiger partial charge in [-0.25, -0.2) is 9.59 Å². The SMILES string of the molecule is CC(C)C[C@@H](NC(=O)NC(C)CCc1ccco1)C(=O)O. The summed E-state index contributed by atoms with van der Waals surface area (Å²) in [7, 11) is 0. The summed E-state index contributed by atoms with van der Waals surface area (Å²) in [6.45, 7) is 5.71. The van der Waals surface area contributed by atoms with Gasteiger partial charge in [0.25, 0.3) is 0 Å². The minimum atomic E-state index is -1.01. The van der Waals surface area contributed by atoms with Crippen LogP contribution in [0, 0.1) is 5.92 Å². The zero-order valence-electron chi connectivity index (χ0n) is 12.8. The molecule has 0 saturated heterocycles. The molecule has 0 aliphatic carbocycles. The van der Waals surface area contributed by atoms with E-state index in [1.165, 1.54) is 0 Å². The number of carboxylic acid groups (broad SMARTS) is 1. The maximum atomic E-state index is 11.8. The van der Waals surface area contributed by atoms with E-state index in [1.807, 2.05) is 32.9 Å². The van der Waals surface area contributed by atoms with Crippen molar-refractivity contribution >= 4 is 12.0 Å². The Morgan fingerprint density at radius 1 is 1.29 bits per heavy atom. The van der Waals surface area contributed by atoms with Crippen LogP contribution in [0.25, 0.3) is 0 Å². The van der Waals surface area contributed by atoms with Gasteiger partial charge in [0.2, 0.25) is 0 Å². The minimum Gasteiger partial charge on any atom is -0.480 e. The molecule has 0 spiro atoms. The molecule has 6 nitrogen and oxygen atoms in total. The van der Waals surface area contributed by atoms with Crippen LogP contribution in [0.2, 0.25) is 0 Å². The Bertz CT molecular complexity index is 443. The lowest BCUT2D eigenvalue weighted by molar-refractivity contribution is -0.139. The molecule has 6 heteroatoms. The van der Waals surface area contributed by atoms with Crippen LogP contribution in [-0.4, -0.2) is 29.2 Å². The Hall–Kier alpha value is -1.98. The number of aryl methyl sites for hydroxylation is 1. The van der Waals surface area contributed by atoms with E-state index in [0.717, 1.165) is 18.6 Å². The highest BCUT2D eigenvalue weighted by atomic mass is 16.4. The van der Waals surface area contributed by atoms with Gasteiger partial charge in [-0.15, -0.1) is 0 Å². The Kier molecular flexibility index (Phi) is 6.78. The first-order valence-electron chi connectivity index (χ1n) is 7.20. The molecule has 1 aromatic heterocycles. The maximum Gasteiger partial charge on any atom is 0.326 e. The third kappa shape index (κ3) is 6.83. The number of carbonyl (C=O) groups excluding carboxylic acids is 1. The van der Waals surface area contributed by atoms with E-state index in [-0.39, 0.29) is 12.0 Å². The van der Waals surface area contributed by atoms with Crippen molar-refractivity contribution < 1.29 is 19.1 Å². The summed E-state index contributed by atoms with van der Waals surface area (Å²) in [6.07, 6.45) is 3.47. The van der Waals surface area contributed by atoms with Gasteiger partial charge in [0.1, 0.15) is 11.8 Å². The van der Waals surface area contributed by atoms with Gasteiger partial charge in [-0.1, -0.05) is 13.8 Å². The van der Waals surface area contributed by atoms with Crippen molar-refractivity contribution in [2.75, 3.05) is 0 Å². The minimum absolute atomic E-state index is 0.0661. The molecule has 21 heavy (non-hydrogen) atoms. The topological polar surface area (TPSA) is 91.6 Å². The lowest BCUT2D eigenvalue weighted by atomic mass is 10.0. The van der Waals surface area contributed by atoms with Gasteiger partial charge in [-0.2, -0.15) is 0 Å². The van der Waals surface area contributed by atoms with E-state index in [2.05, 4.69) is 10.6 Å². The van der Waals surface area contributed by atoms with Gasteiger partial charge in [0.15, 0.2) is 0 Å². The molecule has 1 unspecified atom stereocenters. The van der Waals surface area contributed by atoms with Gasteiger partial charge in [-0.05, 0) is 37.8 Å². The predicted octanol–water partition coefficient (Wildman–Crippen LogP) is 2.40. The molecule has 0 aliphatic rings. The van der Waals surface area contributed by atoms with Crippen LogP contribution < -0.4 is 10.6 Å². The molecule has 1 rings (SSSR count). The highest BCUT2D eigenvalue weighted by molar-refractivity contribution is 5.82. The van der Waals surface area contributed by atoms with Crippen LogP contribution in [0.3, 0.4) is 0 Å². The van der Waals surface area contributed by atoms with E-state index in [1.54, 1.807) is 6.26 Å². The zero-order chi connectivity index (χ0) is 15.8. The van der Waals surface area contributed by atoms with E-state index in [4.69, 9.17) is 9.52 Å². The van der Waals surface area contributed by atoms with Crippen molar-refractivity contribution in [2.45, 2.75) is 52.1 Å². The van der Waals surface area contributed by atoms with Gasteiger partial charge in [-0.3, -0.25) is 0 Å². The average Bonchev–Trinajstić information content (AvgIpc) is 2.87. The van der Waals surface area contributed by atoms with Crippen LogP contribution in [0.1, 0.15) is 39.4 Å². The van der Waals surface area contributed by atoms with Crippen molar-refractivity contribution in [2.24, 2.45) is 5.92 Å². The fraction of sp³-hybridized carbons (Fsp3) is 0.600. The van der Waals surface area contributed by atoms with Crippen LogP contribution in [-0.2, 0) is 11.2 Å². The zero-order valence-corrected chi connectivity index (χ0v) is 12.8. The summed E-state index contributed by atoms with van der Waals surface area (Å²) in [5.74, 6) is 0.0529. The van der Waals surface area contributed by atoms with Crippen molar-refractivity contribution in [1.29, 1.82) is 0 Å². The Balaban J connectivity index is 2.35. The number of furan rings is 1. The molecule has 0 aliphatic heterocycles. The number of aliphatic carboxylic acids is 1. The Labute approximate surface area is 124 Å². The third-order valence-electron chi connectivity index (χ3n) is 3.09. The monoisotopic (exact) mass is 296 g/mol. The number of rotatable bonds is 8. The second kappa shape index (κ2) is 8.34. The number of hydrogen-bond acceptors (Lipinski definition) is 3. The largest absolute Gasteiger partial charge is 0.480 e. The van der Waals surface area contributed by atoms with E-state index >= 15 is 0 Å². The number of hydrogen-bond donors (Lipinski definition) is 3. The van der Waals surface area contributed by atoms with Crippen LogP contribution in [0.5, 0.6) is 0 Å². The molecule has 3 N–H and O–H groups in total. The van der Waals surface area contributed by atoms with Crippen molar-refractivity contribution in [3.8, 4) is 0 Å². The maximum absolute atomic E-state index is 11.8. The number of carbonyl (C=O) groups is 2. The van der Waals surface area contributed by atoms with Gasteiger partial charge >= 0.3 is 12.0 Å². The van der Waals surface area contributed by atoms with Crippen LogP contribution >= 0.6 is 0 Å². The van der Waals surface area contributed by atoms with Crippen LogP contribution in [0.15, 0.2) is 22.8 Å². The molecule has 0 aromatic carbocycles. The molecule has 0 fully saturated rings. The molecule has 1 heterocycles. The second-order valence-corrected chi connectivity index (χ2v) is 5.66. The molecular weight excluding hydrogens is 272 g/mol. The van der Waals surface area contributed by atoms with E-state index in [9.17, 15) is 9.59 Å². The number of amides is 2. The highest BCUT2D eigenvalue weighted by Gasteiger charge is 2.21. The van der Waals surface area contributed by atoms with Gasteiger partial charge in [0, 0.05) is 12.5 Å². The lowest BCUT2D eigenvalue weighted by Gasteiger charge is -2.19. The Morgan fingerprint density at radius 3 is 2.52 bits per heavy atom. The summed E-state index contributed by atoms with van der Waals surface area (Å²) in [5.41, 5.74) is 0. The molecular formula is C15H24N2O4. The van der Waals surface area contributed by atoms with E-state index < -0.39 is 18.0 Å². The molecule has 118 valence electrons. The highest BCUT2D eigenvalue weighted by Crippen LogP contribution is 2.07. The van der Waals surface area contributed by atoms with Crippen molar-refractivity contribution in [3.63, 3.8) is 0 Å². The predicted molar refractivity (Wildman–Crippen MR) is 79.0 cm³/mol. The summed E-state index contributed by atoms with van der Waals surface area (Å²) in [4.78, 5) is 22.9. The average molecular weight is 296 g/mol. The fourth-order valence-corrected chi connectivity index (χ4v) is 2.00. The fourth-order valence-electron chi connectivity index (χ4n) is 2.00. The number of urea groups is 1. The quantitative estimate of drug-likeness (QED) is 0.687. The summed E-state index contributed by atoms with van der Waals surface area (Å²) in [5, 5.41) is 14.3. The van der Waals surface area contributed by atoms with Crippen molar-refractivity contribution in [3.05, 3.63) is 24.2 Å². The van der Waals surface area contributed by atoms with E-state index in [0.29, 0.717) is 6.42 Å². The van der Waals surface area contributed by atoms with Gasteiger partial charge < -0.3 is 20.2 Å². The lowest BCUT2D eigenvalue weighted by Crippen LogP contribution is -2.48. The van der Waals surface area contributed by atoms with Crippen LogP contribution in [0.4, 0.5) is 4.79 Å². The summed E-state index contributed by atoms with van der Waals surface area (Å²) < 4.78 is 5.22. The van der Waals surface area contributed by atoms with Gasteiger partial charge in [0.05, 0.1) is 6.26 Å². The standard InChI is InChI=1S/C15H24N2O4/c1-10(2)9-13(14(18)19)17-15(20)16-11(3)6-7-12-5-4-8-21-12/h4-5,8,10-11,13H,6-7,9H2,1-3H3,(H,18,19)(H2,16,17,20)/t11?,13-/m1/s1. The molecule has 1 aromatic rings. The number of carboxylic acids is 1. The molecule has 0 bridgehead atoms. The third-order valence-corrected chi connectivity index (χ3v) is 3.09. The Morgan fingerprint density at radius 2 is 2.00 bits per heavy atom. The summed E-state index contributed by atoms with van der Waals surface area (Å²) >= 11 is 0. The molecule has 2 amide bonds. The molecule has 2 atom stereocenters. The second-order valence-electron chi connectivity index (χ2n) is 5.66. The molecule has 0 radical (unpaired) electrons.